The molecule has 2 rings (SSSR count). The summed E-state index contributed by atoms with van der Waals surface area (Å²) in [5.74, 6) is -1.13. The number of carboxylic acids is 1. The predicted octanol–water partition coefficient (Wildman–Crippen LogP) is 2.79. The Morgan fingerprint density at radius 2 is 2.00 bits per heavy atom. The largest absolute Gasteiger partial charge is 0.475 e. The molecular formula is C8H4Br2N2O2. The molecular weight excluding hydrogens is 316 g/mol. The van der Waals surface area contributed by atoms with Gasteiger partial charge in [0.25, 0.3) is 0 Å². The third-order valence-electron chi connectivity index (χ3n) is 1.75. The molecule has 0 amide bonds. The Hall–Kier alpha value is -0.880. The van der Waals surface area contributed by atoms with E-state index < -0.39 is 5.97 Å². The Morgan fingerprint density at radius 1 is 1.36 bits per heavy atom. The molecule has 1 aromatic heterocycles. The number of nitrogens with zero attached hydrogens (tertiary/aromatic N) is 1. The van der Waals surface area contributed by atoms with Crippen molar-refractivity contribution in [3.05, 3.63) is 26.9 Å². The van der Waals surface area contributed by atoms with Crippen molar-refractivity contribution in [1.29, 1.82) is 0 Å². The van der Waals surface area contributed by atoms with Crippen LogP contribution < -0.4 is 0 Å². The van der Waals surface area contributed by atoms with E-state index in [1.807, 2.05) is 6.07 Å². The topological polar surface area (TPSA) is 66.0 Å². The molecule has 1 heterocycles. The van der Waals surface area contributed by atoms with Crippen LogP contribution in [0.3, 0.4) is 0 Å². The monoisotopic (exact) mass is 318 g/mol. The first-order valence-corrected chi connectivity index (χ1v) is 5.25. The van der Waals surface area contributed by atoms with Crippen molar-refractivity contribution in [1.82, 2.24) is 9.97 Å². The van der Waals surface area contributed by atoms with Gasteiger partial charge in [-0.1, -0.05) is 0 Å². The molecule has 14 heavy (non-hydrogen) atoms. The van der Waals surface area contributed by atoms with Gasteiger partial charge in [-0.2, -0.15) is 0 Å². The maximum atomic E-state index is 10.7. The quantitative estimate of drug-likeness (QED) is 0.849. The van der Waals surface area contributed by atoms with Crippen molar-refractivity contribution >= 4 is 48.9 Å². The van der Waals surface area contributed by atoms with Gasteiger partial charge in [-0.15, -0.1) is 0 Å². The lowest BCUT2D eigenvalue weighted by atomic mass is 10.3. The second kappa shape index (κ2) is 3.36. The van der Waals surface area contributed by atoms with Crippen molar-refractivity contribution < 1.29 is 9.90 Å². The smallest absolute Gasteiger partial charge is 0.371 e. The summed E-state index contributed by atoms with van der Waals surface area (Å²) in [6.45, 7) is 0. The zero-order chi connectivity index (χ0) is 10.3. The summed E-state index contributed by atoms with van der Waals surface area (Å²) >= 11 is 6.61. The molecule has 72 valence electrons. The highest BCUT2D eigenvalue weighted by Crippen LogP contribution is 2.28. The Labute approximate surface area is 95.6 Å². The number of H-pyrrole nitrogens is 1. The summed E-state index contributed by atoms with van der Waals surface area (Å²) in [4.78, 5) is 17.3. The lowest BCUT2D eigenvalue weighted by Gasteiger charge is -1.93. The van der Waals surface area contributed by atoms with Crippen molar-refractivity contribution in [3.8, 4) is 0 Å². The minimum Gasteiger partial charge on any atom is -0.475 e. The number of fused-ring (bicyclic) bond motifs is 1. The van der Waals surface area contributed by atoms with Gasteiger partial charge in [-0.25, -0.2) is 9.78 Å². The molecule has 2 aromatic rings. The first-order valence-electron chi connectivity index (χ1n) is 3.66. The van der Waals surface area contributed by atoms with Gasteiger partial charge in [0.15, 0.2) is 0 Å². The lowest BCUT2D eigenvalue weighted by molar-refractivity contribution is 0.0685. The van der Waals surface area contributed by atoms with Gasteiger partial charge in [-0.3, -0.25) is 0 Å². The molecule has 0 fully saturated rings. The molecule has 6 heteroatoms. The summed E-state index contributed by atoms with van der Waals surface area (Å²) < 4.78 is 1.55. The van der Waals surface area contributed by atoms with Gasteiger partial charge in [-0.05, 0) is 44.0 Å². The average molecular weight is 320 g/mol. The van der Waals surface area contributed by atoms with Gasteiger partial charge >= 0.3 is 5.97 Å². The number of nitrogens with one attached hydrogen (secondary N) is 1. The van der Waals surface area contributed by atoms with Crippen LogP contribution in [0, 0.1) is 0 Å². The SMILES string of the molecule is O=C(O)c1nc2c(Br)ccc(Br)c2[nH]1. The molecule has 0 aliphatic carbocycles. The maximum Gasteiger partial charge on any atom is 0.371 e. The normalized spacial score (nSPS) is 10.7. The molecule has 0 aliphatic rings. The van der Waals surface area contributed by atoms with E-state index in [-0.39, 0.29) is 5.82 Å². The molecule has 4 nitrogen and oxygen atoms in total. The average Bonchev–Trinajstić information content (AvgIpc) is 2.57. The number of aromatic nitrogens is 2. The highest BCUT2D eigenvalue weighted by atomic mass is 79.9. The summed E-state index contributed by atoms with van der Waals surface area (Å²) in [6, 6.07) is 3.62. The van der Waals surface area contributed by atoms with Crippen LogP contribution in [-0.4, -0.2) is 21.0 Å². The minimum atomic E-state index is -1.07. The number of carboxylic acid groups (broad SMARTS) is 1. The Kier molecular flexibility index (Phi) is 2.32. The highest BCUT2D eigenvalue weighted by molar-refractivity contribution is 9.11. The second-order valence-electron chi connectivity index (χ2n) is 2.64. The van der Waals surface area contributed by atoms with E-state index in [0.29, 0.717) is 11.0 Å². The first kappa shape index (κ1) is 9.67. The van der Waals surface area contributed by atoms with Crippen LogP contribution in [-0.2, 0) is 0 Å². The third-order valence-corrected chi connectivity index (χ3v) is 3.05. The standard InChI is InChI=1S/C8H4Br2N2O2/c9-3-1-2-4(10)6-5(3)11-7(12-6)8(13)14/h1-2H,(H,11,12)(H,13,14). The molecule has 2 N–H and O–H groups in total. The Bertz CT molecular complexity index is 482. The molecule has 0 unspecified atom stereocenters. The van der Waals surface area contributed by atoms with Crippen LogP contribution in [0.15, 0.2) is 21.1 Å². The van der Waals surface area contributed by atoms with Crippen LogP contribution >= 0.6 is 31.9 Å². The number of carbonyl (C=O) groups is 1. The number of imidazole rings is 1. The van der Waals surface area contributed by atoms with Gasteiger partial charge in [0.05, 0.1) is 5.52 Å². The fourth-order valence-electron chi connectivity index (χ4n) is 1.13. The Balaban J connectivity index is 2.82. The van der Waals surface area contributed by atoms with Crippen LogP contribution in [0.1, 0.15) is 10.6 Å². The minimum absolute atomic E-state index is 0.0624. The van der Waals surface area contributed by atoms with E-state index in [9.17, 15) is 4.79 Å². The van der Waals surface area contributed by atoms with Crippen molar-refractivity contribution in [2.45, 2.75) is 0 Å². The highest BCUT2D eigenvalue weighted by Gasteiger charge is 2.13. The number of hydrogen-bond donors (Lipinski definition) is 2. The molecule has 0 radical (unpaired) electrons. The van der Waals surface area contributed by atoms with Gasteiger partial charge < -0.3 is 10.1 Å². The van der Waals surface area contributed by atoms with E-state index in [0.717, 1.165) is 8.95 Å². The van der Waals surface area contributed by atoms with Crippen molar-refractivity contribution in [3.63, 3.8) is 0 Å². The van der Waals surface area contributed by atoms with Crippen LogP contribution in [0.2, 0.25) is 0 Å². The molecule has 0 bridgehead atoms. The number of benzene rings is 1. The molecule has 0 aliphatic heterocycles. The number of hydrogen-bond acceptors (Lipinski definition) is 2. The van der Waals surface area contributed by atoms with Crippen LogP contribution in [0.5, 0.6) is 0 Å². The molecule has 1 aromatic carbocycles. The zero-order valence-corrected chi connectivity index (χ0v) is 9.89. The summed E-state index contributed by atoms with van der Waals surface area (Å²) in [7, 11) is 0. The fraction of sp³-hybridized carbons (Fsp3) is 0. The van der Waals surface area contributed by atoms with Crippen molar-refractivity contribution in [2.75, 3.05) is 0 Å². The lowest BCUT2D eigenvalue weighted by Crippen LogP contribution is -1.97. The predicted molar refractivity (Wildman–Crippen MR) is 58.5 cm³/mol. The molecule has 0 saturated heterocycles. The van der Waals surface area contributed by atoms with Crippen LogP contribution in [0.4, 0.5) is 0 Å². The molecule has 0 atom stereocenters. The number of aromatic amines is 1. The van der Waals surface area contributed by atoms with Gasteiger partial charge in [0.2, 0.25) is 5.82 Å². The summed E-state index contributed by atoms with van der Waals surface area (Å²) in [5, 5.41) is 8.74. The zero-order valence-electron chi connectivity index (χ0n) is 6.71. The number of aromatic carboxylic acids is 1. The van der Waals surface area contributed by atoms with Gasteiger partial charge in [0, 0.05) is 8.95 Å². The number of rotatable bonds is 1. The Morgan fingerprint density at radius 3 is 2.57 bits per heavy atom. The number of halogens is 2. The summed E-state index contributed by atoms with van der Waals surface area (Å²) in [5.41, 5.74) is 1.29. The van der Waals surface area contributed by atoms with E-state index >= 15 is 0 Å². The van der Waals surface area contributed by atoms with E-state index in [1.165, 1.54) is 0 Å². The van der Waals surface area contributed by atoms with Crippen LogP contribution in [0.25, 0.3) is 11.0 Å². The molecule has 0 saturated carbocycles. The third kappa shape index (κ3) is 1.44. The van der Waals surface area contributed by atoms with E-state index in [1.54, 1.807) is 6.07 Å². The first-order chi connectivity index (χ1) is 6.59. The fourth-order valence-corrected chi connectivity index (χ4v) is 1.97. The van der Waals surface area contributed by atoms with Crippen molar-refractivity contribution in [2.24, 2.45) is 0 Å². The van der Waals surface area contributed by atoms with E-state index in [2.05, 4.69) is 41.8 Å². The van der Waals surface area contributed by atoms with E-state index in [4.69, 9.17) is 5.11 Å². The summed E-state index contributed by atoms with van der Waals surface area (Å²) in [6.07, 6.45) is 0. The molecule has 0 spiro atoms. The van der Waals surface area contributed by atoms with Gasteiger partial charge in [0.1, 0.15) is 5.52 Å². The second-order valence-corrected chi connectivity index (χ2v) is 4.35. The maximum absolute atomic E-state index is 10.7.